The fraction of sp³-hybridized carbons (Fsp3) is 0.375. The molecule has 1 aromatic carbocycles. The number of carbonyl (C=O) groups is 1. The first-order valence-corrected chi connectivity index (χ1v) is 6.68. The molecule has 0 saturated carbocycles. The van der Waals surface area contributed by atoms with E-state index in [1.807, 2.05) is 58.0 Å². The lowest BCUT2D eigenvalue weighted by molar-refractivity contribution is -0.128. The third-order valence-electron chi connectivity index (χ3n) is 2.97. The van der Waals surface area contributed by atoms with Crippen LogP contribution >= 0.6 is 0 Å². The van der Waals surface area contributed by atoms with Crippen LogP contribution in [0.1, 0.15) is 32.4 Å². The first-order chi connectivity index (χ1) is 9.38. The molecule has 0 radical (unpaired) electrons. The number of oxazole rings is 1. The summed E-state index contributed by atoms with van der Waals surface area (Å²) in [7, 11) is 0. The fourth-order valence-electron chi connectivity index (χ4n) is 1.81. The molecule has 106 valence electrons. The second-order valence-electron chi connectivity index (χ2n) is 5.81. The predicted molar refractivity (Wildman–Crippen MR) is 78.0 cm³/mol. The Morgan fingerprint density at radius 2 is 1.90 bits per heavy atom. The zero-order valence-corrected chi connectivity index (χ0v) is 12.4. The van der Waals surface area contributed by atoms with Crippen molar-refractivity contribution in [1.82, 2.24) is 10.3 Å². The maximum atomic E-state index is 11.8. The average Bonchev–Trinajstić information content (AvgIpc) is 2.77. The lowest BCUT2D eigenvalue weighted by Gasteiger charge is -2.16. The van der Waals surface area contributed by atoms with E-state index < -0.39 is 5.41 Å². The molecular formula is C16H20N2O2. The van der Waals surface area contributed by atoms with Crippen molar-refractivity contribution in [1.29, 1.82) is 0 Å². The minimum Gasteiger partial charge on any atom is -0.443 e. The van der Waals surface area contributed by atoms with Crippen LogP contribution in [0.2, 0.25) is 0 Å². The van der Waals surface area contributed by atoms with Gasteiger partial charge in [0.25, 0.3) is 0 Å². The van der Waals surface area contributed by atoms with Crippen LogP contribution in [0.15, 0.2) is 34.7 Å². The van der Waals surface area contributed by atoms with Crippen molar-refractivity contribution in [3.63, 3.8) is 0 Å². The van der Waals surface area contributed by atoms with E-state index in [1.54, 1.807) is 0 Å². The van der Waals surface area contributed by atoms with E-state index in [9.17, 15) is 4.79 Å². The Balaban J connectivity index is 2.11. The second kappa shape index (κ2) is 5.49. The number of aryl methyl sites for hydroxylation is 1. The summed E-state index contributed by atoms with van der Waals surface area (Å²) in [5.74, 6) is 1.27. The van der Waals surface area contributed by atoms with E-state index in [0.29, 0.717) is 12.4 Å². The third-order valence-corrected chi connectivity index (χ3v) is 2.97. The maximum absolute atomic E-state index is 11.8. The molecule has 0 unspecified atom stereocenters. The second-order valence-corrected chi connectivity index (χ2v) is 5.81. The molecule has 1 heterocycles. The van der Waals surface area contributed by atoms with Gasteiger partial charge in [0.2, 0.25) is 11.8 Å². The maximum Gasteiger partial charge on any atom is 0.225 e. The normalized spacial score (nSPS) is 11.4. The number of hydrogen-bond acceptors (Lipinski definition) is 3. The molecule has 4 heteroatoms. The van der Waals surface area contributed by atoms with E-state index in [2.05, 4.69) is 10.3 Å². The molecule has 0 aliphatic rings. The lowest BCUT2D eigenvalue weighted by atomic mass is 9.96. The van der Waals surface area contributed by atoms with Crippen LogP contribution in [0.25, 0.3) is 11.3 Å². The van der Waals surface area contributed by atoms with E-state index >= 15 is 0 Å². The van der Waals surface area contributed by atoms with Crippen LogP contribution in [-0.4, -0.2) is 10.9 Å². The Kier molecular flexibility index (Phi) is 3.93. The molecule has 4 nitrogen and oxygen atoms in total. The minimum atomic E-state index is -0.413. The van der Waals surface area contributed by atoms with Crippen molar-refractivity contribution in [3.05, 3.63) is 42.0 Å². The van der Waals surface area contributed by atoms with Crippen molar-refractivity contribution in [3.8, 4) is 11.3 Å². The topological polar surface area (TPSA) is 55.1 Å². The highest BCUT2D eigenvalue weighted by atomic mass is 16.4. The standard InChI is InChI=1S/C16H20N2O2/c1-11-14(12-8-6-5-7-9-12)18-13(20-11)10-17-15(19)16(2,3)4/h5-9H,10H2,1-4H3,(H,17,19). The molecule has 1 aromatic heterocycles. The van der Waals surface area contributed by atoms with Gasteiger partial charge in [0.05, 0.1) is 6.54 Å². The van der Waals surface area contributed by atoms with Crippen molar-refractivity contribution in [2.45, 2.75) is 34.2 Å². The Morgan fingerprint density at radius 3 is 2.50 bits per heavy atom. The molecule has 0 aliphatic carbocycles. The summed E-state index contributed by atoms with van der Waals surface area (Å²) in [6, 6.07) is 9.86. The SMILES string of the molecule is Cc1oc(CNC(=O)C(C)(C)C)nc1-c1ccccc1. The Bertz CT molecular complexity index is 595. The highest BCUT2D eigenvalue weighted by molar-refractivity contribution is 5.81. The van der Waals surface area contributed by atoms with Gasteiger partial charge < -0.3 is 9.73 Å². The number of hydrogen-bond donors (Lipinski definition) is 1. The van der Waals surface area contributed by atoms with E-state index in [1.165, 1.54) is 0 Å². The van der Waals surface area contributed by atoms with Crippen LogP contribution < -0.4 is 5.32 Å². The molecule has 0 spiro atoms. The number of amides is 1. The van der Waals surface area contributed by atoms with Gasteiger partial charge in [0.15, 0.2) is 0 Å². The summed E-state index contributed by atoms with van der Waals surface area (Å²) in [5, 5.41) is 2.84. The highest BCUT2D eigenvalue weighted by Crippen LogP contribution is 2.23. The average molecular weight is 272 g/mol. The van der Waals surface area contributed by atoms with Crippen molar-refractivity contribution in [2.24, 2.45) is 5.41 Å². The van der Waals surface area contributed by atoms with Gasteiger partial charge in [-0.3, -0.25) is 4.79 Å². The molecule has 2 aromatic rings. The Morgan fingerprint density at radius 1 is 1.25 bits per heavy atom. The fourth-order valence-corrected chi connectivity index (χ4v) is 1.81. The van der Waals surface area contributed by atoms with Crippen LogP contribution in [0.5, 0.6) is 0 Å². The van der Waals surface area contributed by atoms with E-state index in [-0.39, 0.29) is 5.91 Å². The summed E-state index contributed by atoms with van der Waals surface area (Å²) in [4.78, 5) is 16.3. The third kappa shape index (κ3) is 3.26. The zero-order valence-electron chi connectivity index (χ0n) is 12.4. The van der Waals surface area contributed by atoms with Crippen molar-refractivity contribution in [2.75, 3.05) is 0 Å². The number of aromatic nitrogens is 1. The van der Waals surface area contributed by atoms with Gasteiger partial charge in [-0.1, -0.05) is 51.1 Å². The monoisotopic (exact) mass is 272 g/mol. The molecule has 20 heavy (non-hydrogen) atoms. The van der Waals surface area contributed by atoms with E-state index in [0.717, 1.165) is 17.0 Å². The number of carbonyl (C=O) groups excluding carboxylic acids is 1. The van der Waals surface area contributed by atoms with Crippen LogP contribution in [-0.2, 0) is 11.3 Å². The highest BCUT2D eigenvalue weighted by Gasteiger charge is 2.21. The zero-order chi connectivity index (χ0) is 14.8. The van der Waals surface area contributed by atoms with Crippen LogP contribution in [0, 0.1) is 12.3 Å². The van der Waals surface area contributed by atoms with Gasteiger partial charge >= 0.3 is 0 Å². The van der Waals surface area contributed by atoms with Gasteiger partial charge in [-0.15, -0.1) is 0 Å². The molecule has 1 N–H and O–H groups in total. The smallest absolute Gasteiger partial charge is 0.225 e. The van der Waals surface area contributed by atoms with Crippen LogP contribution in [0.3, 0.4) is 0 Å². The summed E-state index contributed by atoms with van der Waals surface area (Å²) >= 11 is 0. The molecule has 0 aliphatic heterocycles. The Labute approximate surface area is 119 Å². The molecule has 0 fully saturated rings. The first-order valence-electron chi connectivity index (χ1n) is 6.68. The molecule has 0 bridgehead atoms. The molecule has 0 saturated heterocycles. The lowest BCUT2D eigenvalue weighted by Crippen LogP contribution is -2.34. The predicted octanol–water partition coefficient (Wildman–Crippen LogP) is 3.31. The van der Waals surface area contributed by atoms with Gasteiger partial charge in [0.1, 0.15) is 11.5 Å². The molecular weight excluding hydrogens is 252 g/mol. The Hall–Kier alpha value is -2.10. The largest absolute Gasteiger partial charge is 0.443 e. The summed E-state index contributed by atoms with van der Waals surface area (Å²) in [6.07, 6.45) is 0. The molecule has 1 amide bonds. The molecule has 2 rings (SSSR count). The quantitative estimate of drug-likeness (QED) is 0.932. The van der Waals surface area contributed by atoms with Gasteiger partial charge in [0, 0.05) is 11.0 Å². The van der Waals surface area contributed by atoms with Gasteiger partial charge in [-0.05, 0) is 6.92 Å². The van der Waals surface area contributed by atoms with Gasteiger partial charge in [-0.25, -0.2) is 4.98 Å². The number of rotatable bonds is 3. The van der Waals surface area contributed by atoms with Gasteiger partial charge in [-0.2, -0.15) is 0 Å². The molecule has 0 atom stereocenters. The number of nitrogens with one attached hydrogen (secondary N) is 1. The van der Waals surface area contributed by atoms with Crippen LogP contribution in [0.4, 0.5) is 0 Å². The summed E-state index contributed by atoms with van der Waals surface area (Å²) in [6.45, 7) is 7.81. The number of nitrogens with zero attached hydrogens (tertiary/aromatic N) is 1. The van der Waals surface area contributed by atoms with Crippen molar-refractivity contribution >= 4 is 5.91 Å². The summed E-state index contributed by atoms with van der Waals surface area (Å²) < 4.78 is 5.61. The summed E-state index contributed by atoms with van der Waals surface area (Å²) in [5.41, 5.74) is 1.43. The first kappa shape index (κ1) is 14.3. The van der Waals surface area contributed by atoms with E-state index in [4.69, 9.17) is 4.42 Å². The number of benzene rings is 1. The van der Waals surface area contributed by atoms with Crippen molar-refractivity contribution < 1.29 is 9.21 Å². The minimum absolute atomic E-state index is 0.0189.